The van der Waals surface area contributed by atoms with Crippen molar-refractivity contribution in [2.75, 3.05) is 5.73 Å². The molecule has 2 aromatic rings. The Morgan fingerprint density at radius 3 is 2.76 bits per heavy atom. The molecule has 0 aliphatic heterocycles. The summed E-state index contributed by atoms with van der Waals surface area (Å²) >= 11 is 0. The number of nitrogen functional groups attached to an aromatic ring is 1. The van der Waals surface area contributed by atoms with E-state index in [1.54, 1.807) is 0 Å². The molecule has 1 aromatic heterocycles. The third kappa shape index (κ3) is 2.04. The average molecular weight is 228 g/mol. The molecule has 0 radical (unpaired) electrons. The van der Waals surface area contributed by atoms with E-state index in [1.165, 1.54) is 43.0 Å². The van der Waals surface area contributed by atoms with E-state index in [9.17, 15) is 0 Å². The Morgan fingerprint density at radius 2 is 1.94 bits per heavy atom. The van der Waals surface area contributed by atoms with Gasteiger partial charge < -0.3 is 10.3 Å². The summed E-state index contributed by atoms with van der Waals surface area (Å²) in [6.07, 6.45) is 9.18. The lowest BCUT2D eigenvalue weighted by atomic mass is 9.89. The van der Waals surface area contributed by atoms with Crippen LogP contribution >= 0.6 is 0 Å². The first-order chi connectivity index (χ1) is 8.34. The van der Waals surface area contributed by atoms with Gasteiger partial charge in [-0.25, -0.2) is 0 Å². The summed E-state index contributed by atoms with van der Waals surface area (Å²) in [5.74, 6) is 0.846. The predicted molar refractivity (Wildman–Crippen MR) is 72.9 cm³/mol. The first-order valence-electron chi connectivity index (χ1n) is 6.68. The van der Waals surface area contributed by atoms with Crippen molar-refractivity contribution in [2.24, 2.45) is 5.92 Å². The number of rotatable bonds is 2. The van der Waals surface area contributed by atoms with Crippen molar-refractivity contribution in [1.29, 1.82) is 0 Å². The minimum Gasteiger partial charge on any atom is -0.397 e. The molecule has 2 N–H and O–H groups in total. The fourth-order valence-electron chi connectivity index (χ4n) is 3.09. The zero-order valence-electron chi connectivity index (χ0n) is 10.2. The highest BCUT2D eigenvalue weighted by atomic mass is 15.0. The number of hydrogen-bond acceptors (Lipinski definition) is 1. The first kappa shape index (κ1) is 10.7. The van der Waals surface area contributed by atoms with Gasteiger partial charge >= 0.3 is 0 Å². The Labute approximate surface area is 102 Å². The van der Waals surface area contributed by atoms with E-state index in [4.69, 9.17) is 5.73 Å². The molecule has 0 atom stereocenters. The zero-order valence-corrected chi connectivity index (χ0v) is 10.2. The number of fused-ring (bicyclic) bond motifs is 1. The second-order valence-corrected chi connectivity index (χ2v) is 5.26. The lowest BCUT2D eigenvalue weighted by Gasteiger charge is -2.22. The molecule has 2 nitrogen and oxygen atoms in total. The standard InChI is InChI=1S/C15H20N2/c16-14-8-4-7-13-9-10-17(15(13)14)11-12-5-2-1-3-6-12/h4,7-10,12H,1-3,5-6,11,16H2. The number of aromatic nitrogens is 1. The molecule has 0 bridgehead atoms. The summed E-state index contributed by atoms with van der Waals surface area (Å²) in [6, 6.07) is 8.35. The minimum atomic E-state index is 0.846. The lowest BCUT2D eigenvalue weighted by molar-refractivity contribution is 0.323. The van der Waals surface area contributed by atoms with Crippen LogP contribution in [0.15, 0.2) is 30.5 Å². The molecule has 1 aliphatic carbocycles. The van der Waals surface area contributed by atoms with Gasteiger partial charge in [-0.1, -0.05) is 31.4 Å². The molecule has 90 valence electrons. The number of hydrogen-bond donors (Lipinski definition) is 1. The van der Waals surface area contributed by atoms with Gasteiger partial charge in [-0.2, -0.15) is 0 Å². The Kier molecular flexibility index (Phi) is 2.79. The van der Waals surface area contributed by atoms with Gasteiger partial charge in [0.25, 0.3) is 0 Å². The van der Waals surface area contributed by atoms with E-state index in [2.05, 4.69) is 22.9 Å². The maximum atomic E-state index is 6.09. The maximum absolute atomic E-state index is 6.09. The molecule has 3 rings (SSSR count). The van der Waals surface area contributed by atoms with Crippen molar-refractivity contribution < 1.29 is 0 Å². The van der Waals surface area contributed by atoms with Crippen molar-refractivity contribution in [3.63, 3.8) is 0 Å². The van der Waals surface area contributed by atoms with Gasteiger partial charge in [0.15, 0.2) is 0 Å². The van der Waals surface area contributed by atoms with Crippen LogP contribution in [0.3, 0.4) is 0 Å². The van der Waals surface area contributed by atoms with Crippen molar-refractivity contribution in [3.05, 3.63) is 30.5 Å². The topological polar surface area (TPSA) is 30.9 Å². The minimum absolute atomic E-state index is 0.846. The Bertz CT molecular complexity index is 507. The summed E-state index contributed by atoms with van der Waals surface area (Å²) in [4.78, 5) is 0. The van der Waals surface area contributed by atoms with Crippen molar-refractivity contribution in [1.82, 2.24) is 4.57 Å². The summed E-state index contributed by atoms with van der Waals surface area (Å²) in [6.45, 7) is 1.14. The summed E-state index contributed by atoms with van der Waals surface area (Å²) in [5, 5.41) is 1.26. The summed E-state index contributed by atoms with van der Waals surface area (Å²) in [5.41, 5.74) is 8.21. The maximum Gasteiger partial charge on any atom is 0.0713 e. The SMILES string of the molecule is Nc1cccc2ccn(CC3CCCCC3)c12. The van der Waals surface area contributed by atoms with E-state index < -0.39 is 0 Å². The van der Waals surface area contributed by atoms with Crippen LogP contribution in [-0.2, 0) is 6.54 Å². The normalized spacial score (nSPS) is 17.6. The molecule has 0 saturated heterocycles. The first-order valence-corrected chi connectivity index (χ1v) is 6.68. The van der Waals surface area contributed by atoms with Crippen LogP contribution < -0.4 is 5.73 Å². The van der Waals surface area contributed by atoms with Crippen molar-refractivity contribution in [2.45, 2.75) is 38.6 Å². The summed E-state index contributed by atoms with van der Waals surface area (Å²) in [7, 11) is 0. The van der Waals surface area contributed by atoms with Crippen molar-refractivity contribution in [3.8, 4) is 0 Å². The molecule has 1 aliphatic rings. The van der Waals surface area contributed by atoms with Crippen LogP contribution in [0.5, 0.6) is 0 Å². The molecule has 2 heteroatoms. The van der Waals surface area contributed by atoms with E-state index in [0.29, 0.717) is 0 Å². The average Bonchev–Trinajstić information content (AvgIpc) is 2.75. The van der Waals surface area contributed by atoms with Gasteiger partial charge in [-0.3, -0.25) is 0 Å². The van der Waals surface area contributed by atoms with Crippen molar-refractivity contribution >= 4 is 16.6 Å². The summed E-state index contributed by atoms with van der Waals surface area (Å²) < 4.78 is 2.35. The Balaban J connectivity index is 1.89. The number of para-hydroxylation sites is 1. The smallest absolute Gasteiger partial charge is 0.0713 e. The van der Waals surface area contributed by atoms with Crippen LogP contribution in [0, 0.1) is 5.92 Å². The van der Waals surface area contributed by atoms with Crippen LogP contribution in [0.4, 0.5) is 5.69 Å². The molecule has 1 fully saturated rings. The fourth-order valence-corrected chi connectivity index (χ4v) is 3.09. The van der Waals surface area contributed by atoms with E-state index >= 15 is 0 Å². The van der Waals surface area contributed by atoms with Gasteiger partial charge in [-0.15, -0.1) is 0 Å². The lowest BCUT2D eigenvalue weighted by Crippen LogP contribution is -2.13. The van der Waals surface area contributed by atoms with Crippen LogP contribution in [0.1, 0.15) is 32.1 Å². The second kappa shape index (κ2) is 4.44. The quantitative estimate of drug-likeness (QED) is 0.779. The molecular weight excluding hydrogens is 208 g/mol. The Morgan fingerprint density at radius 1 is 1.12 bits per heavy atom. The third-order valence-corrected chi connectivity index (χ3v) is 4.00. The molecule has 1 saturated carbocycles. The third-order valence-electron chi connectivity index (χ3n) is 4.00. The molecule has 0 amide bonds. The van der Waals surface area contributed by atoms with E-state index in [-0.39, 0.29) is 0 Å². The van der Waals surface area contributed by atoms with Gasteiger partial charge in [0.05, 0.1) is 11.2 Å². The van der Waals surface area contributed by atoms with Gasteiger partial charge in [-0.05, 0) is 30.9 Å². The zero-order chi connectivity index (χ0) is 11.7. The monoisotopic (exact) mass is 228 g/mol. The van der Waals surface area contributed by atoms with Crippen LogP contribution in [0.25, 0.3) is 10.9 Å². The molecular formula is C15H20N2. The molecule has 17 heavy (non-hydrogen) atoms. The number of nitrogens with zero attached hydrogens (tertiary/aromatic N) is 1. The van der Waals surface area contributed by atoms with Crippen LogP contribution in [0.2, 0.25) is 0 Å². The predicted octanol–water partition coefficient (Wildman–Crippen LogP) is 3.80. The second-order valence-electron chi connectivity index (χ2n) is 5.26. The highest BCUT2D eigenvalue weighted by molar-refractivity contribution is 5.90. The fraction of sp³-hybridized carbons (Fsp3) is 0.467. The molecule has 0 spiro atoms. The highest BCUT2D eigenvalue weighted by Gasteiger charge is 2.15. The Hall–Kier alpha value is -1.44. The van der Waals surface area contributed by atoms with Gasteiger partial charge in [0, 0.05) is 18.1 Å². The van der Waals surface area contributed by atoms with E-state index in [0.717, 1.165) is 18.2 Å². The van der Waals surface area contributed by atoms with Crippen LogP contribution in [-0.4, -0.2) is 4.57 Å². The largest absolute Gasteiger partial charge is 0.397 e. The number of anilines is 1. The van der Waals surface area contributed by atoms with Gasteiger partial charge in [0.1, 0.15) is 0 Å². The van der Waals surface area contributed by atoms with Gasteiger partial charge in [0.2, 0.25) is 0 Å². The van der Waals surface area contributed by atoms with E-state index in [1.807, 2.05) is 12.1 Å². The molecule has 1 heterocycles. The molecule has 1 aromatic carbocycles. The number of nitrogens with two attached hydrogens (primary N) is 1. The number of benzene rings is 1. The highest BCUT2D eigenvalue weighted by Crippen LogP contribution is 2.28. The molecule has 0 unspecified atom stereocenters.